The molecular weight excluding hydrogens is 280 g/mol. The molecule has 0 unspecified atom stereocenters. The number of benzene rings is 1. The van der Waals surface area contributed by atoms with Crippen LogP contribution < -0.4 is 4.90 Å². The molecule has 0 fully saturated rings. The van der Waals surface area contributed by atoms with E-state index >= 15 is 0 Å². The monoisotopic (exact) mass is 292 g/mol. The van der Waals surface area contributed by atoms with E-state index in [4.69, 9.17) is 0 Å². The van der Waals surface area contributed by atoms with Crippen LogP contribution in [-0.4, -0.2) is 21.3 Å². The predicted octanol–water partition coefficient (Wildman–Crippen LogP) is 2.97. The summed E-state index contributed by atoms with van der Waals surface area (Å²) < 4.78 is 2.64. The van der Waals surface area contributed by atoms with Crippen LogP contribution in [0.5, 0.6) is 0 Å². The number of aromatic nitrogens is 3. The summed E-state index contributed by atoms with van der Waals surface area (Å²) in [7, 11) is 0. The Kier molecular flexibility index (Phi) is 2.84. The number of aryl methyl sites for hydroxylation is 1. The van der Waals surface area contributed by atoms with Crippen molar-refractivity contribution in [1.82, 2.24) is 14.8 Å². The van der Waals surface area contributed by atoms with Gasteiger partial charge in [0.15, 0.2) is 0 Å². The minimum Gasteiger partial charge on any atom is -0.311 e. The minimum absolute atomic E-state index is 0.662. The van der Waals surface area contributed by atoms with Crippen molar-refractivity contribution in [2.45, 2.75) is 19.4 Å². The molecule has 1 aliphatic heterocycles. The molecule has 0 atom stereocenters. The van der Waals surface area contributed by atoms with Crippen LogP contribution in [0.2, 0.25) is 0 Å². The number of hydrogen-bond donors (Lipinski definition) is 0. The van der Waals surface area contributed by atoms with Crippen molar-refractivity contribution in [2.75, 3.05) is 11.4 Å². The van der Waals surface area contributed by atoms with E-state index < -0.39 is 0 Å². The van der Waals surface area contributed by atoms with Crippen molar-refractivity contribution in [3.63, 3.8) is 0 Å². The van der Waals surface area contributed by atoms with Gasteiger partial charge in [0.1, 0.15) is 0 Å². The van der Waals surface area contributed by atoms with Gasteiger partial charge in [-0.15, -0.1) is 5.10 Å². The molecule has 0 spiro atoms. The van der Waals surface area contributed by atoms with Crippen LogP contribution in [-0.2, 0) is 6.54 Å². The van der Waals surface area contributed by atoms with Gasteiger partial charge < -0.3 is 4.90 Å². The molecule has 2 aromatic rings. The zero-order chi connectivity index (χ0) is 11.7. The van der Waals surface area contributed by atoms with Gasteiger partial charge in [-0.1, -0.05) is 18.2 Å². The predicted molar refractivity (Wildman–Crippen MR) is 70.4 cm³/mol. The molecule has 3 rings (SSSR count). The van der Waals surface area contributed by atoms with Gasteiger partial charge in [0.2, 0.25) is 10.7 Å². The Hall–Kier alpha value is -1.36. The molecule has 0 N–H and O–H groups in total. The van der Waals surface area contributed by atoms with E-state index in [1.165, 1.54) is 5.69 Å². The summed E-state index contributed by atoms with van der Waals surface area (Å²) in [5.41, 5.74) is 1.18. The van der Waals surface area contributed by atoms with E-state index in [1.54, 1.807) is 0 Å². The lowest BCUT2D eigenvalue weighted by molar-refractivity contribution is 0.590. The summed E-state index contributed by atoms with van der Waals surface area (Å²) >= 11 is 3.35. The highest BCUT2D eigenvalue weighted by atomic mass is 79.9. The highest BCUT2D eigenvalue weighted by Crippen LogP contribution is 2.27. The van der Waals surface area contributed by atoms with Crippen LogP contribution in [0, 0.1) is 0 Å². The summed E-state index contributed by atoms with van der Waals surface area (Å²) in [6, 6.07) is 10.4. The molecule has 2 heterocycles. The summed E-state index contributed by atoms with van der Waals surface area (Å²) in [6.07, 6.45) is 2.31. The molecule has 1 aliphatic rings. The maximum Gasteiger partial charge on any atom is 0.229 e. The second-order valence-electron chi connectivity index (χ2n) is 4.10. The molecule has 0 radical (unpaired) electrons. The summed E-state index contributed by atoms with van der Waals surface area (Å²) in [5.74, 6) is 0.931. The lowest BCUT2D eigenvalue weighted by atomic mass is 10.2. The Morgan fingerprint density at radius 1 is 1.06 bits per heavy atom. The van der Waals surface area contributed by atoms with E-state index in [1.807, 2.05) is 10.7 Å². The number of fused-ring (bicyclic) bond motifs is 1. The zero-order valence-electron chi connectivity index (χ0n) is 9.38. The molecule has 88 valence electrons. The lowest BCUT2D eigenvalue weighted by Crippen LogP contribution is -2.19. The lowest BCUT2D eigenvalue weighted by Gasteiger charge is -2.20. The maximum atomic E-state index is 4.46. The first kappa shape index (κ1) is 10.8. The summed E-state index contributed by atoms with van der Waals surface area (Å²) in [6.45, 7) is 1.94. The van der Waals surface area contributed by atoms with E-state index in [0.717, 1.165) is 31.9 Å². The minimum atomic E-state index is 0.662. The number of anilines is 2. The van der Waals surface area contributed by atoms with Gasteiger partial charge in [0, 0.05) is 18.8 Å². The Labute approximate surface area is 108 Å². The van der Waals surface area contributed by atoms with Crippen molar-refractivity contribution >= 4 is 27.6 Å². The first-order chi connectivity index (χ1) is 8.34. The molecule has 1 aromatic carbocycles. The first-order valence-corrected chi connectivity index (χ1v) is 6.57. The highest BCUT2D eigenvalue weighted by molar-refractivity contribution is 9.10. The maximum absolute atomic E-state index is 4.46. The molecule has 5 heteroatoms. The van der Waals surface area contributed by atoms with Gasteiger partial charge in [0.25, 0.3) is 0 Å². The highest BCUT2D eigenvalue weighted by Gasteiger charge is 2.20. The second-order valence-corrected chi connectivity index (χ2v) is 4.81. The van der Waals surface area contributed by atoms with Gasteiger partial charge in [-0.25, -0.2) is 4.68 Å². The quantitative estimate of drug-likeness (QED) is 0.810. The molecule has 0 aliphatic carbocycles. The van der Waals surface area contributed by atoms with E-state index in [-0.39, 0.29) is 0 Å². The molecule has 0 bridgehead atoms. The Morgan fingerprint density at radius 2 is 1.82 bits per heavy atom. The average molecular weight is 293 g/mol. The van der Waals surface area contributed by atoms with Crippen molar-refractivity contribution in [3.05, 3.63) is 35.1 Å². The van der Waals surface area contributed by atoms with Gasteiger partial charge in [-0.05, 0) is 40.9 Å². The zero-order valence-corrected chi connectivity index (χ0v) is 11.0. The van der Waals surface area contributed by atoms with Crippen molar-refractivity contribution in [3.8, 4) is 0 Å². The van der Waals surface area contributed by atoms with E-state index in [2.05, 4.69) is 55.2 Å². The third kappa shape index (κ3) is 2.07. The van der Waals surface area contributed by atoms with Gasteiger partial charge >= 0.3 is 0 Å². The fourth-order valence-electron chi connectivity index (χ4n) is 2.14. The van der Waals surface area contributed by atoms with Crippen molar-refractivity contribution < 1.29 is 0 Å². The van der Waals surface area contributed by atoms with Crippen LogP contribution in [0.3, 0.4) is 0 Å². The van der Waals surface area contributed by atoms with Gasteiger partial charge in [0.05, 0.1) is 0 Å². The van der Waals surface area contributed by atoms with Gasteiger partial charge in [-0.2, -0.15) is 4.98 Å². The molecule has 0 saturated carbocycles. The smallest absolute Gasteiger partial charge is 0.229 e. The van der Waals surface area contributed by atoms with Crippen LogP contribution in [0.1, 0.15) is 12.8 Å². The average Bonchev–Trinajstić information content (AvgIpc) is 2.61. The molecule has 0 saturated heterocycles. The van der Waals surface area contributed by atoms with E-state index in [9.17, 15) is 0 Å². The normalized spacial score (nSPS) is 15.5. The van der Waals surface area contributed by atoms with Gasteiger partial charge in [-0.3, -0.25) is 0 Å². The SMILES string of the molecule is Brc1nc2n(n1)CCCCN2c1ccccc1. The Bertz CT molecular complexity index is 508. The van der Waals surface area contributed by atoms with Crippen LogP contribution in [0.4, 0.5) is 11.6 Å². The van der Waals surface area contributed by atoms with Crippen molar-refractivity contribution in [2.24, 2.45) is 0 Å². The molecule has 17 heavy (non-hydrogen) atoms. The molecule has 4 nitrogen and oxygen atoms in total. The van der Waals surface area contributed by atoms with Crippen LogP contribution in [0.25, 0.3) is 0 Å². The first-order valence-electron chi connectivity index (χ1n) is 5.77. The number of nitrogens with zero attached hydrogens (tertiary/aromatic N) is 4. The van der Waals surface area contributed by atoms with Crippen LogP contribution in [0.15, 0.2) is 35.1 Å². The number of hydrogen-bond acceptors (Lipinski definition) is 3. The number of para-hydroxylation sites is 1. The molecular formula is C12H13BrN4. The summed E-state index contributed by atoms with van der Waals surface area (Å²) in [5, 5.41) is 4.37. The fourth-order valence-corrected chi connectivity index (χ4v) is 2.49. The Balaban J connectivity index is 2.05. The largest absolute Gasteiger partial charge is 0.311 e. The molecule has 1 aromatic heterocycles. The third-order valence-corrected chi connectivity index (χ3v) is 3.27. The second kappa shape index (κ2) is 4.49. The van der Waals surface area contributed by atoms with Crippen molar-refractivity contribution in [1.29, 1.82) is 0 Å². The topological polar surface area (TPSA) is 34.0 Å². The third-order valence-electron chi connectivity index (χ3n) is 2.94. The summed E-state index contributed by atoms with van der Waals surface area (Å²) in [4.78, 5) is 6.69. The number of halogens is 1. The van der Waals surface area contributed by atoms with Crippen LogP contribution >= 0.6 is 15.9 Å². The fraction of sp³-hybridized carbons (Fsp3) is 0.333. The molecule has 0 amide bonds. The number of rotatable bonds is 1. The standard InChI is InChI=1S/C12H13BrN4/c13-11-14-12-16(10-6-2-1-3-7-10)8-4-5-9-17(12)15-11/h1-3,6-7H,4-5,8-9H2. The Morgan fingerprint density at radius 3 is 2.65 bits per heavy atom. The van der Waals surface area contributed by atoms with E-state index in [0.29, 0.717) is 4.73 Å².